The van der Waals surface area contributed by atoms with E-state index in [0.717, 1.165) is 50.4 Å². The van der Waals surface area contributed by atoms with Gasteiger partial charge in [-0.1, -0.05) is 220 Å². The van der Waals surface area contributed by atoms with Crippen LogP contribution in [-0.4, -0.2) is 23.8 Å². The average Bonchev–Trinajstić information content (AvgIpc) is 3.06. The third-order valence-electron chi connectivity index (χ3n) is 10.7. The van der Waals surface area contributed by atoms with Crippen LogP contribution in [0.5, 0.6) is 0 Å². The lowest BCUT2D eigenvalue weighted by Gasteiger charge is -2.16. The van der Waals surface area contributed by atoms with Crippen molar-refractivity contribution in [3.8, 4) is 0 Å². The molecule has 0 aromatic rings. The number of unbranched alkanes of at least 4 members (excludes halogenated alkanes) is 20. The van der Waals surface area contributed by atoms with Crippen LogP contribution < -0.4 is 0 Å². The highest BCUT2D eigenvalue weighted by molar-refractivity contribution is 5.69. The van der Waals surface area contributed by atoms with E-state index in [1.54, 1.807) is 0 Å². The van der Waals surface area contributed by atoms with E-state index in [4.69, 9.17) is 4.74 Å². The maximum Gasteiger partial charge on any atom is 0.305 e. The third kappa shape index (κ3) is 35.1. The zero-order valence-corrected chi connectivity index (χ0v) is 33.0. The number of ether oxygens (including phenoxy) is 1. The smallest absolute Gasteiger partial charge is 0.305 e. The molecular weight excluding hydrogens is 576 g/mol. The molecule has 0 rings (SSSR count). The Bertz CT molecular complexity index is 585. The van der Waals surface area contributed by atoms with Gasteiger partial charge in [-0.05, 0) is 37.5 Å². The van der Waals surface area contributed by atoms with Crippen molar-refractivity contribution in [2.24, 2.45) is 11.8 Å². The Hall–Kier alpha value is -0.570. The highest BCUT2D eigenvalue weighted by Gasteiger charge is 2.11. The molecule has 3 nitrogen and oxygen atoms in total. The second-order valence-corrected chi connectivity index (χ2v) is 15.4. The summed E-state index contributed by atoms with van der Waals surface area (Å²) in [5.74, 6) is 1.73. The third-order valence-corrected chi connectivity index (χ3v) is 10.7. The van der Waals surface area contributed by atoms with Crippen LogP contribution >= 0.6 is 0 Å². The molecule has 0 saturated carbocycles. The Balaban J connectivity index is 3.60. The molecule has 0 amide bonds. The first-order chi connectivity index (χ1) is 23.1. The molecule has 47 heavy (non-hydrogen) atoms. The fourth-order valence-corrected chi connectivity index (χ4v) is 7.38. The number of rotatable bonds is 39. The summed E-state index contributed by atoms with van der Waals surface area (Å²) in [7, 11) is 0. The molecule has 3 heteroatoms. The molecule has 0 spiro atoms. The monoisotopic (exact) mass is 665 g/mol. The van der Waals surface area contributed by atoms with Crippen LogP contribution in [0.2, 0.25) is 0 Å². The van der Waals surface area contributed by atoms with Gasteiger partial charge in [0.2, 0.25) is 0 Å². The highest BCUT2D eigenvalue weighted by Crippen LogP contribution is 2.24. The SMILES string of the molecule is CCCCCC(CCCCC)CCCCCCCCCCC(O)CCCCCCCCC(=O)OCCC(CCCCC)CCCCC. The number of aliphatic hydroxyl groups is 1. The van der Waals surface area contributed by atoms with Gasteiger partial charge in [0.05, 0.1) is 12.7 Å². The minimum absolute atomic E-state index is 0.00340. The van der Waals surface area contributed by atoms with Crippen molar-refractivity contribution in [1.82, 2.24) is 0 Å². The molecule has 0 aliphatic carbocycles. The average molecular weight is 665 g/mol. The Morgan fingerprint density at radius 3 is 1.09 bits per heavy atom. The van der Waals surface area contributed by atoms with E-state index in [1.807, 2.05) is 0 Å². The quantitative estimate of drug-likeness (QED) is 0.0525. The van der Waals surface area contributed by atoms with Gasteiger partial charge in [0, 0.05) is 6.42 Å². The van der Waals surface area contributed by atoms with Crippen molar-refractivity contribution >= 4 is 5.97 Å². The van der Waals surface area contributed by atoms with Gasteiger partial charge in [0.1, 0.15) is 0 Å². The summed E-state index contributed by atoms with van der Waals surface area (Å²) in [6.45, 7) is 9.79. The number of carbonyl (C=O) groups excluding carboxylic acids is 1. The predicted octanol–water partition coefficient (Wildman–Crippen LogP) is 14.9. The molecule has 0 bridgehead atoms. The molecule has 1 unspecified atom stereocenters. The first-order valence-corrected chi connectivity index (χ1v) is 21.9. The van der Waals surface area contributed by atoms with E-state index in [1.165, 1.54) is 180 Å². The highest BCUT2D eigenvalue weighted by atomic mass is 16.5. The number of hydrogen-bond acceptors (Lipinski definition) is 3. The van der Waals surface area contributed by atoms with E-state index in [2.05, 4.69) is 27.7 Å². The van der Waals surface area contributed by atoms with Gasteiger partial charge >= 0.3 is 5.97 Å². The van der Waals surface area contributed by atoms with Gasteiger partial charge in [-0.25, -0.2) is 0 Å². The molecule has 0 saturated heterocycles. The molecule has 0 radical (unpaired) electrons. The van der Waals surface area contributed by atoms with Gasteiger partial charge < -0.3 is 9.84 Å². The first kappa shape index (κ1) is 46.4. The van der Waals surface area contributed by atoms with Crippen molar-refractivity contribution < 1.29 is 14.6 Å². The van der Waals surface area contributed by atoms with Crippen LogP contribution in [0.15, 0.2) is 0 Å². The van der Waals surface area contributed by atoms with Crippen molar-refractivity contribution in [3.05, 3.63) is 0 Å². The van der Waals surface area contributed by atoms with Crippen LogP contribution in [0.1, 0.15) is 252 Å². The molecule has 0 aliphatic heterocycles. The second-order valence-electron chi connectivity index (χ2n) is 15.4. The Morgan fingerprint density at radius 2 is 0.702 bits per heavy atom. The maximum absolute atomic E-state index is 12.2. The van der Waals surface area contributed by atoms with E-state index in [-0.39, 0.29) is 12.1 Å². The number of hydrogen-bond donors (Lipinski definition) is 1. The van der Waals surface area contributed by atoms with Gasteiger partial charge in [0.15, 0.2) is 0 Å². The topological polar surface area (TPSA) is 46.5 Å². The van der Waals surface area contributed by atoms with E-state index in [0.29, 0.717) is 13.0 Å². The normalized spacial score (nSPS) is 12.4. The Labute approximate surface area is 297 Å². The van der Waals surface area contributed by atoms with Crippen LogP contribution in [-0.2, 0) is 9.53 Å². The zero-order chi connectivity index (χ0) is 34.5. The lowest BCUT2D eigenvalue weighted by atomic mass is 9.90. The standard InChI is InChI=1S/C44H88O3/c1-5-9-23-31-41(32-24-10-6-2)35-27-19-15-13-14-16-20-28-36-43(45)37-29-21-17-18-22-30-38-44(46)47-40-39-42(33-25-11-7-3)34-26-12-8-4/h41-43,45H,5-40H2,1-4H3. The molecule has 0 aromatic carbocycles. The van der Waals surface area contributed by atoms with Crippen molar-refractivity contribution in [2.75, 3.05) is 6.61 Å². The lowest BCUT2D eigenvalue weighted by Crippen LogP contribution is -2.10. The maximum atomic E-state index is 12.2. The number of carbonyl (C=O) groups is 1. The van der Waals surface area contributed by atoms with Gasteiger partial charge in [-0.3, -0.25) is 4.79 Å². The molecule has 0 heterocycles. The summed E-state index contributed by atoms with van der Waals surface area (Å²) in [6, 6.07) is 0. The zero-order valence-electron chi connectivity index (χ0n) is 33.0. The van der Waals surface area contributed by atoms with Crippen LogP contribution in [0.25, 0.3) is 0 Å². The van der Waals surface area contributed by atoms with Crippen molar-refractivity contribution in [1.29, 1.82) is 0 Å². The molecule has 0 fully saturated rings. The van der Waals surface area contributed by atoms with Gasteiger partial charge in [-0.15, -0.1) is 0 Å². The first-order valence-electron chi connectivity index (χ1n) is 21.9. The van der Waals surface area contributed by atoms with E-state index >= 15 is 0 Å². The fourth-order valence-electron chi connectivity index (χ4n) is 7.38. The van der Waals surface area contributed by atoms with Crippen LogP contribution in [0.4, 0.5) is 0 Å². The summed E-state index contributed by atoms with van der Waals surface area (Å²) in [6.07, 6.45) is 44.5. The largest absolute Gasteiger partial charge is 0.466 e. The van der Waals surface area contributed by atoms with Crippen LogP contribution in [0, 0.1) is 11.8 Å². The van der Waals surface area contributed by atoms with Gasteiger partial charge in [-0.2, -0.15) is 0 Å². The minimum Gasteiger partial charge on any atom is -0.466 e. The van der Waals surface area contributed by atoms with Crippen LogP contribution in [0.3, 0.4) is 0 Å². The molecule has 0 aliphatic rings. The molecule has 0 aromatic heterocycles. The number of esters is 1. The fraction of sp³-hybridized carbons (Fsp3) is 0.977. The Morgan fingerprint density at radius 1 is 0.404 bits per heavy atom. The summed E-state index contributed by atoms with van der Waals surface area (Å²) < 4.78 is 5.60. The molecule has 282 valence electrons. The summed E-state index contributed by atoms with van der Waals surface area (Å²) in [5, 5.41) is 10.4. The van der Waals surface area contributed by atoms with Crippen molar-refractivity contribution in [3.63, 3.8) is 0 Å². The molecule has 1 atom stereocenters. The second kappa shape index (κ2) is 38.2. The molecule has 1 N–H and O–H groups in total. The van der Waals surface area contributed by atoms with Crippen molar-refractivity contribution in [2.45, 2.75) is 259 Å². The Kier molecular flexibility index (Phi) is 37.8. The predicted molar refractivity (Wildman–Crippen MR) is 208 cm³/mol. The number of aliphatic hydroxyl groups excluding tert-OH is 1. The summed E-state index contributed by atoms with van der Waals surface area (Å²) in [5.41, 5.74) is 0. The lowest BCUT2D eigenvalue weighted by molar-refractivity contribution is -0.144. The van der Waals surface area contributed by atoms with Gasteiger partial charge in [0.25, 0.3) is 0 Å². The summed E-state index contributed by atoms with van der Waals surface area (Å²) >= 11 is 0. The minimum atomic E-state index is -0.106. The summed E-state index contributed by atoms with van der Waals surface area (Å²) in [4.78, 5) is 12.2. The van der Waals surface area contributed by atoms with E-state index < -0.39 is 0 Å². The van der Waals surface area contributed by atoms with E-state index in [9.17, 15) is 9.90 Å². The molecular formula is C44H88O3.